The van der Waals surface area contributed by atoms with Crippen molar-refractivity contribution < 1.29 is 4.74 Å². The Kier molecular flexibility index (Phi) is 2.63. The first kappa shape index (κ1) is 9.65. The first-order valence-corrected chi connectivity index (χ1v) is 4.78. The molecule has 0 fully saturated rings. The van der Waals surface area contributed by atoms with E-state index in [9.17, 15) is 0 Å². The van der Waals surface area contributed by atoms with Crippen molar-refractivity contribution in [2.24, 2.45) is 0 Å². The number of aromatic nitrogens is 2. The fourth-order valence-electron chi connectivity index (χ4n) is 1.39. The molecule has 0 radical (unpaired) electrons. The molecule has 3 nitrogen and oxygen atoms in total. The highest BCUT2D eigenvalue weighted by molar-refractivity contribution is 5.41. The summed E-state index contributed by atoms with van der Waals surface area (Å²) in [5, 5.41) is 0. The van der Waals surface area contributed by atoms with Gasteiger partial charge in [0.15, 0.2) is 0 Å². The molecule has 15 heavy (non-hydrogen) atoms. The van der Waals surface area contributed by atoms with Crippen LogP contribution in [0.5, 0.6) is 11.8 Å². The molecule has 0 unspecified atom stereocenters. The van der Waals surface area contributed by atoms with Crippen LogP contribution in [0.25, 0.3) is 0 Å². The minimum atomic E-state index is 0.384. The average molecular weight is 200 g/mol. The molecule has 0 saturated carbocycles. The topological polar surface area (TPSA) is 35.0 Å². The summed E-state index contributed by atoms with van der Waals surface area (Å²) in [5.41, 5.74) is 2.17. The molecule has 3 heteroatoms. The van der Waals surface area contributed by atoms with Crippen LogP contribution in [0.4, 0.5) is 0 Å². The van der Waals surface area contributed by atoms with Crippen LogP contribution in [0.2, 0.25) is 0 Å². The summed E-state index contributed by atoms with van der Waals surface area (Å²) in [5.74, 6) is 0.837. The van der Waals surface area contributed by atoms with Crippen LogP contribution in [0.1, 0.15) is 11.1 Å². The summed E-state index contributed by atoms with van der Waals surface area (Å²) in [6.07, 6.45) is 3.33. The molecule has 0 spiro atoms. The second-order valence-electron chi connectivity index (χ2n) is 3.35. The number of benzene rings is 1. The molecule has 1 heterocycles. The zero-order valence-electron chi connectivity index (χ0n) is 8.77. The SMILES string of the molecule is Cc1cccc(C)c1Oc1ncccn1. The van der Waals surface area contributed by atoms with Gasteiger partial charge in [-0.2, -0.15) is 0 Å². The highest BCUT2D eigenvalue weighted by atomic mass is 16.5. The molecular formula is C12H12N2O. The first-order valence-electron chi connectivity index (χ1n) is 4.78. The summed E-state index contributed by atoms with van der Waals surface area (Å²) < 4.78 is 5.62. The maximum Gasteiger partial charge on any atom is 0.321 e. The lowest BCUT2D eigenvalue weighted by Gasteiger charge is -2.08. The fourth-order valence-corrected chi connectivity index (χ4v) is 1.39. The number of aryl methyl sites for hydroxylation is 2. The highest BCUT2D eigenvalue weighted by Gasteiger charge is 2.05. The van der Waals surface area contributed by atoms with Gasteiger partial charge in [0.25, 0.3) is 0 Å². The van der Waals surface area contributed by atoms with E-state index in [0.717, 1.165) is 16.9 Å². The van der Waals surface area contributed by atoms with Crippen molar-refractivity contribution in [1.29, 1.82) is 0 Å². The van der Waals surface area contributed by atoms with Gasteiger partial charge in [0.2, 0.25) is 0 Å². The van der Waals surface area contributed by atoms with Crippen LogP contribution < -0.4 is 4.74 Å². The van der Waals surface area contributed by atoms with Gasteiger partial charge in [-0.25, -0.2) is 9.97 Å². The Morgan fingerprint density at radius 3 is 2.13 bits per heavy atom. The molecule has 1 aromatic heterocycles. The van der Waals surface area contributed by atoms with E-state index in [-0.39, 0.29) is 0 Å². The van der Waals surface area contributed by atoms with E-state index in [1.165, 1.54) is 0 Å². The molecule has 0 N–H and O–H groups in total. The number of rotatable bonds is 2. The van der Waals surface area contributed by atoms with E-state index < -0.39 is 0 Å². The molecule has 2 aromatic rings. The predicted molar refractivity (Wildman–Crippen MR) is 58.0 cm³/mol. The lowest BCUT2D eigenvalue weighted by Crippen LogP contribution is -1.94. The third-order valence-electron chi connectivity index (χ3n) is 2.14. The van der Waals surface area contributed by atoms with Crippen LogP contribution in [-0.2, 0) is 0 Å². The smallest absolute Gasteiger partial charge is 0.321 e. The molecule has 0 aliphatic rings. The van der Waals surface area contributed by atoms with Gasteiger partial charge in [-0.05, 0) is 31.0 Å². The number of para-hydroxylation sites is 1. The van der Waals surface area contributed by atoms with Gasteiger partial charge in [-0.1, -0.05) is 18.2 Å². The molecule has 1 aromatic carbocycles. The molecular weight excluding hydrogens is 188 g/mol. The Labute approximate surface area is 88.8 Å². The summed E-state index contributed by atoms with van der Waals surface area (Å²) in [4.78, 5) is 8.05. The van der Waals surface area contributed by atoms with Gasteiger partial charge in [0.05, 0.1) is 0 Å². The van der Waals surface area contributed by atoms with Gasteiger partial charge in [0, 0.05) is 12.4 Å². The van der Waals surface area contributed by atoms with Crippen molar-refractivity contribution in [3.63, 3.8) is 0 Å². The standard InChI is InChI=1S/C12H12N2O/c1-9-5-3-6-10(2)11(9)15-12-13-7-4-8-14-12/h3-8H,1-2H3. The van der Waals surface area contributed by atoms with Crippen molar-refractivity contribution in [2.75, 3.05) is 0 Å². The molecule has 0 aliphatic heterocycles. The third kappa shape index (κ3) is 2.13. The zero-order valence-corrected chi connectivity index (χ0v) is 8.77. The molecule has 2 rings (SSSR count). The van der Waals surface area contributed by atoms with Crippen molar-refractivity contribution >= 4 is 0 Å². The summed E-state index contributed by atoms with van der Waals surface area (Å²) in [6.45, 7) is 4.01. The van der Waals surface area contributed by atoms with Crippen LogP contribution in [0.15, 0.2) is 36.7 Å². The van der Waals surface area contributed by atoms with Crippen molar-refractivity contribution in [1.82, 2.24) is 9.97 Å². The van der Waals surface area contributed by atoms with Crippen LogP contribution in [0, 0.1) is 13.8 Å². The molecule has 0 atom stereocenters. The minimum Gasteiger partial charge on any atom is -0.424 e. The number of hydrogen-bond acceptors (Lipinski definition) is 3. The lowest BCUT2D eigenvalue weighted by atomic mass is 10.1. The van der Waals surface area contributed by atoms with Crippen LogP contribution >= 0.6 is 0 Å². The quantitative estimate of drug-likeness (QED) is 0.747. The van der Waals surface area contributed by atoms with E-state index >= 15 is 0 Å². The molecule has 0 aliphatic carbocycles. The number of ether oxygens (including phenoxy) is 1. The van der Waals surface area contributed by atoms with E-state index in [1.807, 2.05) is 32.0 Å². The molecule has 0 saturated heterocycles. The maximum absolute atomic E-state index is 5.62. The van der Waals surface area contributed by atoms with Gasteiger partial charge >= 0.3 is 6.01 Å². The highest BCUT2D eigenvalue weighted by Crippen LogP contribution is 2.25. The van der Waals surface area contributed by atoms with Crippen LogP contribution in [0.3, 0.4) is 0 Å². The zero-order chi connectivity index (χ0) is 10.7. The van der Waals surface area contributed by atoms with Crippen LogP contribution in [-0.4, -0.2) is 9.97 Å². The second kappa shape index (κ2) is 4.09. The van der Waals surface area contributed by atoms with Crippen molar-refractivity contribution in [3.05, 3.63) is 47.8 Å². The second-order valence-corrected chi connectivity index (χ2v) is 3.35. The molecule has 76 valence electrons. The first-order chi connectivity index (χ1) is 7.27. The Balaban J connectivity index is 2.32. The largest absolute Gasteiger partial charge is 0.424 e. The van der Waals surface area contributed by atoms with Crippen molar-refractivity contribution in [3.8, 4) is 11.8 Å². The van der Waals surface area contributed by atoms with Crippen molar-refractivity contribution in [2.45, 2.75) is 13.8 Å². The molecule has 0 bridgehead atoms. The van der Waals surface area contributed by atoms with E-state index in [4.69, 9.17) is 4.74 Å². The van der Waals surface area contributed by atoms with E-state index in [0.29, 0.717) is 6.01 Å². The fraction of sp³-hybridized carbons (Fsp3) is 0.167. The number of nitrogens with zero attached hydrogens (tertiary/aromatic N) is 2. The Hall–Kier alpha value is -1.90. The summed E-state index contributed by atoms with van der Waals surface area (Å²) >= 11 is 0. The summed E-state index contributed by atoms with van der Waals surface area (Å²) in [6, 6.07) is 8.16. The van der Waals surface area contributed by atoms with Gasteiger partial charge < -0.3 is 4.74 Å². The Morgan fingerprint density at radius 1 is 0.933 bits per heavy atom. The Bertz CT molecular complexity index is 434. The Morgan fingerprint density at radius 2 is 1.53 bits per heavy atom. The lowest BCUT2D eigenvalue weighted by molar-refractivity contribution is 0.435. The van der Waals surface area contributed by atoms with Gasteiger partial charge in [-0.15, -0.1) is 0 Å². The molecule has 0 amide bonds. The monoisotopic (exact) mass is 200 g/mol. The maximum atomic E-state index is 5.62. The predicted octanol–water partition coefficient (Wildman–Crippen LogP) is 2.89. The number of hydrogen-bond donors (Lipinski definition) is 0. The van der Waals surface area contributed by atoms with E-state index in [1.54, 1.807) is 18.5 Å². The summed E-state index contributed by atoms with van der Waals surface area (Å²) in [7, 11) is 0. The van der Waals surface area contributed by atoms with Gasteiger partial charge in [-0.3, -0.25) is 0 Å². The van der Waals surface area contributed by atoms with Gasteiger partial charge in [0.1, 0.15) is 5.75 Å². The minimum absolute atomic E-state index is 0.384. The average Bonchev–Trinajstić information content (AvgIpc) is 2.25. The third-order valence-corrected chi connectivity index (χ3v) is 2.14. The van der Waals surface area contributed by atoms with E-state index in [2.05, 4.69) is 9.97 Å². The normalized spacial score (nSPS) is 10.0.